The Bertz CT molecular complexity index is 1030. The van der Waals surface area contributed by atoms with Crippen molar-refractivity contribution in [2.24, 2.45) is 0 Å². The number of quaternary nitrogens is 1. The highest BCUT2D eigenvalue weighted by molar-refractivity contribution is 7.18. The van der Waals surface area contributed by atoms with E-state index < -0.39 is 6.03 Å². The van der Waals surface area contributed by atoms with Gasteiger partial charge in [-0.25, -0.2) is 9.78 Å². The maximum Gasteiger partial charge on any atom is 0.326 e. The van der Waals surface area contributed by atoms with Crippen molar-refractivity contribution in [3.8, 4) is 0 Å². The van der Waals surface area contributed by atoms with Crippen molar-refractivity contribution in [3.05, 3.63) is 58.6 Å². The second kappa shape index (κ2) is 8.31. The number of rotatable bonds is 4. The van der Waals surface area contributed by atoms with Crippen molar-refractivity contribution >= 4 is 39.2 Å². The third-order valence-corrected chi connectivity index (χ3v) is 6.74. The van der Waals surface area contributed by atoms with Gasteiger partial charge in [0.1, 0.15) is 6.04 Å². The molecule has 2 heterocycles. The molecule has 0 saturated carbocycles. The van der Waals surface area contributed by atoms with Gasteiger partial charge in [0.25, 0.3) is 5.91 Å². The van der Waals surface area contributed by atoms with Gasteiger partial charge in [-0.3, -0.25) is 10.1 Å². The third-order valence-electron chi connectivity index (χ3n) is 5.59. The minimum atomic E-state index is -0.487. The van der Waals surface area contributed by atoms with Gasteiger partial charge in [-0.1, -0.05) is 24.3 Å². The molecule has 0 radical (unpaired) electrons. The number of anilines is 1. The summed E-state index contributed by atoms with van der Waals surface area (Å²) in [7, 11) is 0. The number of nitrogens with one attached hydrogen (secondary N) is 3. The lowest BCUT2D eigenvalue weighted by Gasteiger charge is -2.19. The number of carbonyl (C=O) groups is 2. The van der Waals surface area contributed by atoms with Crippen molar-refractivity contribution < 1.29 is 14.5 Å². The predicted molar refractivity (Wildman–Crippen MR) is 115 cm³/mol. The predicted octanol–water partition coefficient (Wildman–Crippen LogP) is 2.98. The fourth-order valence-electron chi connectivity index (χ4n) is 3.88. The molecule has 1 aliphatic rings. The number of fused-ring (bicyclic) bond motifs is 1. The maximum atomic E-state index is 12.5. The number of imide groups is 1. The van der Waals surface area contributed by atoms with E-state index in [4.69, 9.17) is 4.98 Å². The van der Waals surface area contributed by atoms with Crippen LogP contribution < -0.4 is 15.5 Å². The Labute approximate surface area is 173 Å². The van der Waals surface area contributed by atoms with Gasteiger partial charge in [0.05, 0.1) is 16.8 Å². The van der Waals surface area contributed by atoms with Crippen LogP contribution in [0.3, 0.4) is 0 Å². The fraction of sp³-hybridized carbons (Fsp3) is 0.318. The van der Waals surface area contributed by atoms with Crippen LogP contribution in [0.5, 0.6) is 0 Å². The van der Waals surface area contributed by atoms with E-state index in [1.54, 1.807) is 11.3 Å². The molecule has 2 aromatic carbocycles. The summed E-state index contributed by atoms with van der Waals surface area (Å²) in [5.41, 5.74) is 3.82. The molecular weight excluding hydrogens is 384 g/mol. The van der Waals surface area contributed by atoms with Crippen LogP contribution in [0.15, 0.2) is 42.5 Å². The number of aryl methyl sites for hydroxylation is 1. The summed E-state index contributed by atoms with van der Waals surface area (Å²) in [6, 6.07) is 13.5. The summed E-state index contributed by atoms with van der Waals surface area (Å²) in [4.78, 5) is 30.7. The molecule has 1 fully saturated rings. The van der Waals surface area contributed by atoms with Crippen LogP contribution in [0.2, 0.25) is 0 Å². The lowest BCUT2D eigenvalue weighted by molar-refractivity contribution is -0.910. The summed E-state index contributed by atoms with van der Waals surface area (Å²) in [5, 5.41) is 6.33. The Hall–Kier alpha value is -2.77. The van der Waals surface area contributed by atoms with Gasteiger partial charge < -0.3 is 10.2 Å². The van der Waals surface area contributed by atoms with E-state index in [1.807, 2.05) is 50.2 Å². The minimum Gasteiger partial charge on any atom is -0.319 e. The highest BCUT2D eigenvalue weighted by Crippen LogP contribution is 2.28. The Kier molecular flexibility index (Phi) is 5.60. The Morgan fingerprint density at radius 1 is 1.17 bits per heavy atom. The molecule has 1 saturated heterocycles. The molecular formula is C22H25N4O2S+. The number of urea groups is 1. The van der Waals surface area contributed by atoms with E-state index in [2.05, 4.69) is 16.7 Å². The number of benzene rings is 2. The van der Waals surface area contributed by atoms with Crippen molar-refractivity contribution in [2.75, 3.05) is 18.4 Å². The molecule has 6 nitrogen and oxygen atoms in total. The van der Waals surface area contributed by atoms with Gasteiger partial charge in [-0.05, 0) is 43.2 Å². The average molecular weight is 410 g/mol. The van der Waals surface area contributed by atoms with Gasteiger partial charge in [0.15, 0.2) is 11.6 Å². The SMILES string of the molecule is Cc1cccc(NC(=O)NC(=O)C[NH+]2CCC[C@H]2c2nc3ccccc3s2)c1C. The van der Waals surface area contributed by atoms with Crippen LogP contribution in [0, 0.1) is 13.8 Å². The van der Waals surface area contributed by atoms with Crippen LogP contribution in [0.4, 0.5) is 10.5 Å². The van der Waals surface area contributed by atoms with E-state index in [9.17, 15) is 9.59 Å². The van der Waals surface area contributed by atoms with E-state index in [-0.39, 0.29) is 18.5 Å². The van der Waals surface area contributed by atoms with Crippen molar-refractivity contribution in [2.45, 2.75) is 32.7 Å². The highest BCUT2D eigenvalue weighted by atomic mass is 32.1. The number of amides is 3. The molecule has 3 aromatic rings. The van der Waals surface area contributed by atoms with Gasteiger partial charge in [-0.15, -0.1) is 11.3 Å². The first-order valence-corrected chi connectivity index (χ1v) is 10.7. The molecule has 150 valence electrons. The molecule has 4 rings (SSSR count). The van der Waals surface area contributed by atoms with Crippen LogP contribution in [0.1, 0.15) is 35.0 Å². The number of carbonyl (C=O) groups excluding carboxylic acids is 2. The third kappa shape index (κ3) is 4.31. The molecule has 1 aliphatic heterocycles. The topological polar surface area (TPSA) is 75.5 Å². The van der Waals surface area contributed by atoms with Gasteiger partial charge in [-0.2, -0.15) is 0 Å². The molecule has 0 bridgehead atoms. The van der Waals surface area contributed by atoms with Gasteiger partial charge in [0, 0.05) is 18.5 Å². The summed E-state index contributed by atoms with van der Waals surface area (Å²) in [6.45, 7) is 5.11. The minimum absolute atomic E-state index is 0.209. The zero-order valence-corrected chi connectivity index (χ0v) is 17.4. The number of hydrogen-bond acceptors (Lipinski definition) is 4. The van der Waals surface area contributed by atoms with E-state index in [0.717, 1.165) is 46.7 Å². The monoisotopic (exact) mass is 409 g/mol. The second-order valence-electron chi connectivity index (χ2n) is 7.55. The zero-order valence-electron chi connectivity index (χ0n) is 16.6. The number of nitrogens with zero attached hydrogens (tertiary/aromatic N) is 1. The van der Waals surface area contributed by atoms with Crippen LogP contribution >= 0.6 is 11.3 Å². The smallest absolute Gasteiger partial charge is 0.319 e. The molecule has 7 heteroatoms. The number of likely N-dealkylation sites (tertiary alicyclic amines) is 1. The first-order chi connectivity index (χ1) is 14.0. The summed E-state index contributed by atoms with van der Waals surface area (Å²) < 4.78 is 1.17. The van der Waals surface area contributed by atoms with E-state index >= 15 is 0 Å². The zero-order chi connectivity index (χ0) is 20.4. The first-order valence-electron chi connectivity index (χ1n) is 9.88. The second-order valence-corrected chi connectivity index (χ2v) is 8.61. The van der Waals surface area contributed by atoms with Crippen LogP contribution in [0.25, 0.3) is 10.2 Å². The van der Waals surface area contributed by atoms with Crippen LogP contribution in [-0.4, -0.2) is 30.0 Å². The molecule has 1 unspecified atom stereocenters. The van der Waals surface area contributed by atoms with Crippen molar-refractivity contribution in [3.63, 3.8) is 0 Å². The largest absolute Gasteiger partial charge is 0.326 e. The average Bonchev–Trinajstić information content (AvgIpc) is 3.31. The lowest BCUT2D eigenvalue weighted by atomic mass is 10.1. The summed E-state index contributed by atoms with van der Waals surface area (Å²) in [5.74, 6) is -0.268. The molecule has 3 N–H and O–H groups in total. The molecule has 0 aliphatic carbocycles. The normalized spacial score (nSPS) is 18.7. The maximum absolute atomic E-state index is 12.5. The number of para-hydroxylation sites is 1. The highest BCUT2D eigenvalue weighted by Gasteiger charge is 2.34. The molecule has 3 amide bonds. The number of hydrogen-bond donors (Lipinski definition) is 3. The fourth-order valence-corrected chi connectivity index (χ4v) is 5.04. The van der Waals surface area contributed by atoms with Crippen LogP contribution in [-0.2, 0) is 4.79 Å². The standard InChI is InChI=1S/C22H24N4O2S/c1-14-7-5-9-16(15(14)2)24-22(28)25-20(27)13-26-12-6-10-18(26)21-23-17-8-3-4-11-19(17)29-21/h3-5,7-9,11,18H,6,10,12-13H2,1-2H3,(H2,24,25,27,28)/p+1/t18-/m0/s1. The number of aromatic nitrogens is 1. The van der Waals surface area contributed by atoms with E-state index in [1.165, 1.54) is 9.60 Å². The molecule has 2 atom stereocenters. The molecule has 29 heavy (non-hydrogen) atoms. The van der Waals surface area contributed by atoms with Gasteiger partial charge >= 0.3 is 6.03 Å². The van der Waals surface area contributed by atoms with Crippen molar-refractivity contribution in [1.29, 1.82) is 0 Å². The van der Waals surface area contributed by atoms with Crippen molar-refractivity contribution in [1.82, 2.24) is 10.3 Å². The quantitative estimate of drug-likeness (QED) is 0.620. The molecule has 0 spiro atoms. The summed E-state index contributed by atoms with van der Waals surface area (Å²) in [6.07, 6.45) is 2.06. The van der Waals surface area contributed by atoms with E-state index in [0.29, 0.717) is 0 Å². The lowest BCUT2D eigenvalue weighted by Crippen LogP contribution is -3.11. The summed E-state index contributed by atoms with van der Waals surface area (Å²) >= 11 is 1.70. The first kappa shape index (κ1) is 19.5. The Balaban J connectivity index is 1.38. The Morgan fingerprint density at radius 3 is 2.83 bits per heavy atom. The molecule has 1 aromatic heterocycles. The Morgan fingerprint density at radius 2 is 2.00 bits per heavy atom. The van der Waals surface area contributed by atoms with Gasteiger partial charge in [0.2, 0.25) is 0 Å². The number of thiazole rings is 1.